The third kappa shape index (κ3) is 7.54. The van der Waals surface area contributed by atoms with Crippen LogP contribution in [0.15, 0.2) is 106 Å². The molecular weight excluding hydrogens is 564 g/mol. The van der Waals surface area contributed by atoms with E-state index in [2.05, 4.69) is 11.8 Å². The van der Waals surface area contributed by atoms with Crippen molar-refractivity contribution < 1.29 is 31.8 Å². The molecular formula is C34H27F4O3S+. The monoisotopic (exact) mass is 591 g/mol. The first kappa shape index (κ1) is 29.3. The van der Waals surface area contributed by atoms with E-state index in [1.807, 2.05) is 30.3 Å². The quantitative estimate of drug-likeness (QED) is 0.0945. The fraction of sp³-hybridized carbons (Fsp3) is 0.206. The lowest BCUT2D eigenvalue weighted by Gasteiger charge is -2.32. The molecule has 0 N–H and O–H groups in total. The second-order valence-electron chi connectivity index (χ2n) is 9.92. The molecule has 1 fully saturated rings. The molecule has 4 aromatic carbocycles. The van der Waals surface area contributed by atoms with Crippen molar-refractivity contribution in [3.05, 3.63) is 120 Å². The Labute approximate surface area is 244 Å². The van der Waals surface area contributed by atoms with Crippen LogP contribution in [0.4, 0.5) is 17.6 Å². The maximum absolute atomic E-state index is 14.1. The van der Waals surface area contributed by atoms with Gasteiger partial charge in [0.1, 0.15) is 29.0 Å². The van der Waals surface area contributed by atoms with Crippen molar-refractivity contribution in [2.45, 2.75) is 52.4 Å². The van der Waals surface area contributed by atoms with Gasteiger partial charge in [0.2, 0.25) is 0 Å². The zero-order valence-electron chi connectivity index (χ0n) is 22.5. The van der Waals surface area contributed by atoms with Crippen molar-refractivity contribution in [1.82, 2.24) is 0 Å². The Bertz CT molecular complexity index is 1520. The van der Waals surface area contributed by atoms with Crippen LogP contribution in [0.1, 0.15) is 37.7 Å². The van der Waals surface area contributed by atoms with Crippen molar-refractivity contribution in [3.63, 3.8) is 0 Å². The lowest BCUT2D eigenvalue weighted by molar-refractivity contribution is -0.159. The number of halogens is 4. The maximum atomic E-state index is 14.1. The maximum Gasteiger partial charge on any atom is 0.345 e. The normalized spacial score (nSPS) is 14.1. The molecule has 3 nitrogen and oxygen atoms in total. The van der Waals surface area contributed by atoms with Crippen LogP contribution in [0.25, 0.3) is 0 Å². The Morgan fingerprint density at radius 1 is 0.714 bits per heavy atom. The molecule has 0 saturated heterocycles. The smallest absolute Gasteiger partial charge is 0.345 e. The summed E-state index contributed by atoms with van der Waals surface area (Å²) in [6, 6.07) is 22.0. The van der Waals surface area contributed by atoms with E-state index in [0.29, 0.717) is 23.5 Å². The minimum absolute atomic E-state index is 0.212. The molecule has 0 radical (unpaired) electrons. The highest BCUT2D eigenvalue weighted by Gasteiger charge is 2.35. The SMILES string of the molecule is O=C(COc1ccc([S+](c2cc(F)cc(F)c2)c2cc(F)cc(F)c2)cc1)OC1(C#Cc2ccccc2)CCCCC1. The summed E-state index contributed by atoms with van der Waals surface area (Å²) in [6.45, 7) is -0.343. The predicted octanol–water partition coefficient (Wildman–Crippen LogP) is 8.02. The number of carbonyl (C=O) groups is 1. The minimum Gasteiger partial charge on any atom is -0.482 e. The first-order valence-corrected chi connectivity index (χ1v) is 14.7. The first-order chi connectivity index (χ1) is 20.3. The van der Waals surface area contributed by atoms with E-state index in [1.54, 1.807) is 24.3 Å². The van der Waals surface area contributed by atoms with E-state index >= 15 is 0 Å². The van der Waals surface area contributed by atoms with Gasteiger partial charge in [-0.3, -0.25) is 0 Å². The van der Waals surface area contributed by atoms with E-state index in [1.165, 1.54) is 0 Å². The van der Waals surface area contributed by atoms with Gasteiger partial charge in [-0.25, -0.2) is 22.4 Å². The molecule has 5 rings (SSSR count). The van der Waals surface area contributed by atoms with Crippen LogP contribution in [0, 0.1) is 35.1 Å². The zero-order valence-corrected chi connectivity index (χ0v) is 23.4. The molecule has 1 aliphatic carbocycles. The molecule has 0 heterocycles. The summed E-state index contributed by atoms with van der Waals surface area (Å²) in [5.41, 5.74) is -0.0245. The molecule has 0 atom stereocenters. The molecule has 0 bridgehead atoms. The Morgan fingerprint density at radius 3 is 1.81 bits per heavy atom. The Hall–Kier alpha value is -4.22. The molecule has 0 aromatic heterocycles. The van der Waals surface area contributed by atoms with E-state index in [-0.39, 0.29) is 16.4 Å². The first-order valence-electron chi connectivity index (χ1n) is 13.5. The van der Waals surface area contributed by atoms with Crippen LogP contribution < -0.4 is 4.74 Å². The lowest BCUT2D eigenvalue weighted by atomic mass is 9.85. The average molecular weight is 592 g/mol. The Kier molecular flexibility index (Phi) is 9.19. The van der Waals surface area contributed by atoms with Crippen LogP contribution in [0.3, 0.4) is 0 Å². The summed E-state index contributed by atoms with van der Waals surface area (Å²) >= 11 is 0. The number of benzene rings is 4. The fourth-order valence-electron chi connectivity index (χ4n) is 4.85. The van der Waals surface area contributed by atoms with Crippen LogP contribution in [-0.4, -0.2) is 18.2 Å². The van der Waals surface area contributed by atoms with Crippen molar-refractivity contribution in [3.8, 4) is 17.6 Å². The second kappa shape index (κ2) is 13.2. The molecule has 0 spiro atoms. The highest BCUT2D eigenvalue weighted by atomic mass is 32.2. The van der Waals surface area contributed by atoms with E-state index < -0.39 is 45.7 Å². The molecule has 1 saturated carbocycles. The van der Waals surface area contributed by atoms with Gasteiger partial charge in [-0.1, -0.05) is 30.5 Å². The van der Waals surface area contributed by atoms with Crippen molar-refractivity contribution in [1.29, 1.82) is 0 Å². The van der Waals surface area contributed by atoms with Gasteiger partial charge in [0.15, 0.2) is 26.9 Å². The molecule has 0 amide bonds. The standard InChI is InChI=1S/C34H27F4O3S/c35-25-17-26(36)20-31(19-25)42(32-21-27(37)18-28(38)22-32)30-11-9-29(10-12-30)40-23-33(39)41-34(14-5-2-6-15-34)16-13-24-7-3-1-4-8-24/h1,3-4,7-12,17-22H,2,5-6,14-15,23H2/q+1. The fourth-order valence-corrected chi connectivity index (χ4v) is 6.99. The topological polar surface area (TPSA) is 35.5 Å². The third-order valence-corrected chi connectivity index (χ3v) is 8.90. The van der Waals surface area contributed by atoms with E-state index in [4.69, 9.17) is 9.47 Å². The molecule has 4 aromatic rings. The highest BCUT2D eigenvalue weighted by Crippen LogP contribution is 2.34. The van der Waals surface area contributed by atoms with Crippen LogP contribution in [0.5, 0.6) is 5.75 Å². The number of hydrogen-bond acceptors (Lipinski definition) is 3. The van der Waals surface area contributed by atoms with Gasteiger partial charge in [-0.15, -0.1) is 0 Å². The van der Waals surface area contributed by atoms with Gasteiger partial charge < -0.3 is 9.47 Å². The molecule has 42 heavy (non-hydrogen) atoms. The summed E-state index contributed by atoms with van der Waals surface area (Å²) in [7, 11) is -1.23. The number of rotatable bonds is 7. The van der Waals surface area contributed by atoms with Crippen LogP contribution >= 0.6 is 0 Å². The molecule has 0 unspecified atom stereocenters. The Morgan fingerprint density at radius 2 is 1.26 bits per heavy atom. The van der Waals surface area contributed by atoms with Gasteiger partial charge in [0.25, 0.3) is 0 Å². The second-order valence-corrected chi connectivity index (χ2v) is 11.9. The molecule has 0 aliphatic heterocycles. The van der Waals surface area contributed by atoms with Crippen LogP contribution in [0.2, 0.25) is 0 Å². The molecule has 8 heteroatoms. The summed E-state index contributed by atoms with van der Waals surface area (Å²) < 4.78 is 67.9. The summed E-state index contributed by atoms with van der Waals surface area (Å²) in [4.78, 5) is 13.8. The number of carbonyl (C=O) groups excluding carboxylic acids is 1. The van der Waals surface area contributed by atoms with Crippen molar-refractivity contribution in [2.24, 2.45) is 0 Å². The van der Waals surface area contributed by atoms with Gasteiger partial charge in [0, 0.05) is 42.0 Å². The highest BCUT2D eigenvalue weighted by molar-refractivity contribution is 7.97. The van der Waals surface area contributed by atoms with Gasteiger partial charge >= 0.3 is 5.97 Å². The van der Waals surface area contributed by atoms with Gasteiger partial charge in [-0.05, 0) is 68.0 Å². The summed E-state index contributed by atoms with van der Waals surface area (Å²) in [6.07, 6.45) is 4.17. The third-order valence-electron chi connectivity index (χ3n) is 6.74. The minimum atomic E-state index is -1.23. The number of esters is 1. The predicted molar refractivity (Wildman–Crippen MR) is 152 cm³/mol. The lowest BCUT2D eigenvalue weighted by Crippen LogP contribution is -2.37. The number of hydrogen-bond donors (Lipinski definition) is 0. The Balaban J connectivity index is 1.31. The van der Waals surface area contributed by atoms with E-state index in [0.717, 1.165) is 61.2 Å². The summed E-state index contributed by atoms with van der Waals surface area (Å²) in [5, 5.41) is 0. The number of ether oxygens (including phenoxy) is 2. The van der Waals surface area contributed by atoms with Crippen LogP contribution in [-0.2, 0) is 20.4 Å². The summed E-state index contributed by atoms with van der Waals surface area (Å²) in [5.74, 6) is 2.91. The van der Waals surface area contributed by atoms with E-state index in [9.17, 15) is 22.4 Å². The van der Waals surface area contributed by atoms with Gasteiger partial charge in [0.05, 0.1) is 10.9 Å². The molecule has 214 valence electrons. The van der Waals surface area contributed by atoms with Crippen molar-refractivity contribution >= 4 is 16.9 Å². The molecule has 1 aliphatic rings. The van der Waals surface area contributed by atoms with Gasteiger partial charge in [-0.2, -0.15) is 0 Å². The zero-order chi connectivity index (χ0) is 29.5. The van der Waals surface area contributed by atoms with Crippen molar-refractivity contribution in [2.75, 3.05) is 6.61 Å². The average Bonchev–Trinajstić information content (AvgIpc) is 2.96. The largest absolute Gasteiger partial charge is 0.482 e.